The fourth-order valence-electron chi connectivity index (χ4n) is 4.72. The summed E-state index contributed by atoms with van der Waals surface area (Å²) in [5.74, 6) is -3.32. The van der Waals surface area contributed by atoms with E-state index in [9.17, 15) is 27.9 Å². The number of halogens is 3. The van der Waals surface area contributed by atoms with Crippen molar-refractivity contribution in [1.29, 1.82) is 0 Å². The average molecular weight is 542 g/mol. The first-order chi connectivity index (χ1) is 18.7. The lowest BCUT2D eigenvalue weighted by Gasteiger charge is -2.38. The number of amides is 1. The summed E-state index contributed by atoms with van der Waals surface area (Å²) in [5, 5.41) is 12.3. The van der Waals surface area contributed by atoms with Gasteiger partial charge >= 0.3 is 5.97 Å². The monoisotopic (exact) mass is 541 g/mol. The number of ether oxygens (including phenoxy) is 2. The van der Waals surface area contributed by atoms with Gasteiger partial charge in [-0.3, -0.25) is 9.59 Å². The molecule has 3 aromatic carbocycles. The zero-order valence-electron chi connectivity index (χ0n) is 21.4. The van der Waals surface area contributed by atoms with E-state index in [1.165, 1.54) is 6.07 Å². The fourth-order valence-corrected chi connectivity index (χ4v) is 4.72. The number of hydrogen-bond donors (Lipinski definition) is 2. The van der Waals surface area contributed by atoms with Crippen LogP contribution in [-0.4, -0.2) is 35.7 Å². The van der Waals surface area contributed by atoms with Crippen LogP contribution in [0.15, 0.2) is 60.7 Å². The van der Waals surface area contributed by atoms with Crippen LogP contribution in [0, 0.1) is 17.5 Å². The first-order valence-corrected chi connectivity index (χ1v) is 12.8. The molecule has 9 heteroatoms. The predicted molar refractivity (Wildman–Crippen MR) is 138 cm³/mol. The molecule has 0 spiro atoms. The lowest BCUT2D eigenvalue weighted by atomic mass is 9.83. The molecule has 0 radical (unpaired) electrons. The maximum atomic E-state index is 14.3. The van der Waals surface area contributed by atoms with Crippen molar-refractivity contribution in [3.8, 4) is 5.75 Å². The van der Waals surface area contributed by atoms with Crippen molar-refractivity contribution in [2.75, 3.05) is 13.2 Å². The molecule has 206 valence electrons. The van der Waals surface area contributed by atoms with Gasteiger partial charge in [0.15, 0.2) is 11.6 Å². The van der Waals surface area contributed by atoms with Gasteiger partial charge in [0.05, 0.1) is 0 Å². The summed E-state index contributed by atoms with van der Waals surface area (Å²) in [4.78, 5) is 24.9. The molecule has 0 aliphatic carbocycles. The molecule has 39 heavy (non-hydrogen) atoms. The van der Waals surface area contributed by atoms with E-state index < -0.39 is 29.0 Å². The standard InChI is InChI=1S/C30H30F3NO5/c31-23-8-9-26(33)27(18-23)39-19-20-5-6-21(7-10-28(35)36)24(17-20)29(37)34-30(13-15-38-16-14-30)12-11-22-3-1-2-4-25(22)32/h1-6,8-9,17-18H,7,10-16,19H2,(H,34,37)(H,35,36). The zero-order chi connectivity index (χ0) is 27.8. The Balaban J connectivity index is 1.56. The van der Waals surface area contributed by atoms with Crippen LogP contribution in [0.1, 0.15) is 52.7 Å². The first-order valence-electron chi connectivity index (χ1n) is 12.8. The van der Waals surface area contributed by atoms with E-state index in [0.29, 0.717) is 55.6 Å². The second-order valence-corrected chi connectivity index (χ2v) is 9.69. The largest absolute Gasteiger partial charge is 0.486 e. The van der Waals surface area contributed by atoms with Crippen LogP contribution in [0.25, 0.3) is 0 Å². The van der Waals surface area contributed by atoms with Gasteiger partial charge in [0, 0.05) is 36.8 Å². The van der Waals surface area contributed by atoms with Crippen molar-refractivity contribution in [1.82, 2.24) is 5.32 Å². The number of benzene rings is 3. The van der Waals surface area contributed by atoms with Gasteiger partial charge in [-0.05, 0) is 73.1 Å². The number of carbonyl (C=O) groups excluding carboxylic acids is 1. The molecule has 0 atom stereocenters. The zero-order valence-corrected chi connectivity index (χ0v) is 21.4. The van der Waals surface area contributed by atoms with Gasteiger partial charge in [-0.15, -0.1) is 0 Å². The van der Waals surface area contributed by atoms with Gasteiger partial charge < -0.3 is 19.9 Å². The normalized spacial score (nSPS) is 14.5. The lowest BCUT2D eigenvalue weighted by molar-refractivity contribution is -0.136. The predicted octanol–water partition coefficient (Wildman–Crippen LogP) is 5.61. The molecule has 1 aliphatic heterocycles. The third-order valence-electron chi connectivity index (χ3n) is 6.97. The Morgan fingerprint density at radius 1 is 0.923 bits per heavy atom. The van der Waals surface area contributed by atoms with Crippen LogP contribution in [0.4, 0.5) is 13.2 Å². The topological polar surface area (TPSA) is 84.9 Å². The second-order valence-electron chi connectivity index (χ2n) is 9.69. The maximum Gasteiger partial charge on any atom is 0.303 e. The second kappa shape index (κ2) is 12.8. The minimum absolute atomic E-state index is 0.128. The summed E-state index contributed by atoms with van der Waals surface area (Å²) >= 11 is 0. The van der Waals surface area contributed by atoms with E-state index in [0.717, 1.165) is 18.2 Å². The van der Waals surface area contributed by atoms with E-state index in [-0.39, 0.29) is 36.6 Å². The fraction of sp³-hybridized carbons (Fsp3) is 0.333. The molecule has 0 aromatic heterocycles. The molecule has 4 rings (SSSR count). The molecule has 1 aliphatic rings. The van der Waals surface area contributed by atoms with Crippen molar-refractivity contribution in [3.05, 3.63) is 100 Å². The van der Waals surface area contributed by atoms with E-state index in [4.69, 9.17) is 9.47 Å². The van der Waals surface area contributed by atoms with Gasteiger partial charge in [-0.25, -0.2) is 13.2 Å². The van der Waals surface area contributed by atoms with Crippen molar-refractivity contribution in [2.45, 2.75) is 50.7 Å². The minimum Gasteiger partial charge on any atom is -0.486 e. The van der Waals surface area contributed by atoms with Gasteiger partial charge in [-0.1, -0.05) is 30.3 Å². The SMILES string of the molecule is O=C(O)CCc1ccc(COc2cc(F)ccc2F)cc1C(=O)NC1(CCc2ccccc2F)CCOCC1. The van der Waals surface area contributed by atoms with E-state index in [1.807, 2.05) is 0 Å². The van der Waals surface area contributed by atoms with Gasteiger partial charge in [-0.2, -0.15) is 0 Å². The van der Waals surface area contributed by atoms with Crippen LogP contribution in [0.2, 0.25) is 0 Å². The Bertz CT molecular complexity index is 1320. The summed E-state index contributed by atoms with van der Waals surface area (Å²) in [6.07, 6.45) is 1.96. The van der Waals surface area contributed by atoms with Gasteiger partial charge in [0.1, 0.15) is 18.2 Å². The number of aryl methyl sites for hydroxylation is 2. The molecular formula is C30H30F3NO5. The van der Waals surface area contributed by atoms with Crippen LogP contribution < -0.4 is 10.1 Å². The Labute approximate surface area is 224 Å². The summed E-state index contributed by atoms with van der Waals surface area (Å²) < 4.78 is 52.8. The van der Waals surface area contributed by atoms with Gasteiger partial charge in [0.25, 0.3) is 5.91 Å². The Kier molecular flexibility index (Phi) is 9.24. The molecular weight excluding hydrogens is 511 g/mol. The molecule has 3 aromatic rings. The highest BCUT2D eigenvalue weighted by atomic mass is 19.1. The number of carboxylic acids is 1. The molecule has 1 fully saturated rings. The van der Waals surface area contributed by atoms with E-state index in [1.54, 1.807) is 36.4 Å². The minimum atomic E-state index is -0.999. The molecule has 0 unspecified atom stereocenters. The number of rotatable bonds is 11. The molecule has 0 saturated carbocycles. The molecule has 0 bridgehead atoms. The molecule has 6 nitrogen and oxygen atoms in total. The van der Waals surface area contributed by atoms with Crippen molar-refractivity contribution < 1.29 is 37.3 Å². The van der Waals surface area contributed by atoms with E-state index >= 15 is 0 Å². The Morgan fingerprint density at radius 3 is 2.44 bits per heavy atom. The highest BCUT2D eigenvalue weighted by Gasteiger charge is 2.35. The first kappa shape index (κ1) is 28.2. The van der Waals surface area contributed by atoms with Crippen LogP contribution in [-0.2, 0) is 29.0 Å². The van der Waals surface area contributed by atoms with Crippen LogP contribution in [0.5, 0.6) is 5.75 Å². The molecule has 1 amide bonds. The number of hydrogen-bond acceptors (Lipinski definition) is 4. The molecule has 1 heterocycles. The highest BCUT2D eigenvalue weighted by molar-refractivity contribution is 5.96. The maximum absolute atomic E-state index is 14.3. The molecule has 1 saturated heterocycles. The van der Waals surface area contributed by atoms with Crippen LogP contribution in [0.3, 0.4) is 0 Å². The Morgan fingerprint density at radius 2 is 1.69 bits per heavy atom. The number of carbonyl (C=O) groups is 2. The summed E-state index contributed by atoms with van der Waals surface area (Å²) in [6, 6.07) is 14.3. The summed E-state index contributed by atoms with van der Waals surface area (Å²) in [5.41, 5.74) is 1.25. The smallest absolute Gasteiger partial charge is 0.303 e. The quantitative estimate of drug-likeness (QED) is 0.330. The van der Waals surface area contributed by atoms with Crippen molar-refractivity contribution >= 4 is 11.9 Å². The average Bonchev–Trinajstić information content (AvgIpc) is 2.92. The van der Waals surface area contributed by atoms with Crippen LogP contribution >= 0.6 is 0 Å². The highest BCUT2D eigenvalue weighted by Crippen LogP contribution is 2.29. The van der Waals surface area contributed by atoms with Gasteiger partial charge in [0.2, 0.25) is 0 Å². The lowest BCUT2D eigenvalue weighted by Crippen LogP contribution is -2.52. The molecule has 2 N–H and O–H groups in total. The van der Waals surface area contributed by atoms with E-state index in [2.05, 4.69) is 5.32 Å². The number of nitrogens with one attached hydrogen (secondary N) is 1. The summed E-state index contributed by atoms with van der Waals surface area (Å²) in [6.45, 7) is 0.749. The number of aliphatic carboxylic acids is 1. The van der Waals surface area contributed by atoms with Crippen molar-refractivity contribution in [2.24, 2.45) is 0 Å². The summed E-state index contributed by atoms with van der Waals surface area (Å²) in [7, 11) is 0. The number of carboxylic acid groups (broad SMARTS) is 1. The van der Waals surface area contributed by atoms with Crippen molar-refractivity contribution in [3.63, 3.8) is 0 Å². The third kappa shape index (κ3) is 7.60. The third-order valence-corrected chi connectivity index (χ3v) is 6.97. The Hall–Kier alpha value is -3.85.